The van der Waals surface area contributed by atoms with Gasteiger partial charge in [0.2, 0.25) is 0 Å². The lowest BCUT2D eigenvalue weighted by Gasteiger charge is -2.32. The molecule has 1 rings (SSSR count). The van der Waals surface area contributed by atoms with Gasteiger partial charge >= 0.3 is 0 Å². The van der Waals surface area contributed by atoms with Crippen LogP contribution in [0.2, 0.25) is 0 Å². The van der Waals surface area contributed by atoms with Crippen LogP contribution in [0.15, 0.2) is 22.7 Å². The first-order valence-electron chi connectivity index (χ1n) is 7.29. The first kappa shape index (κ1) is 17.9. The first-order valence-corrected chi connectivity index (χ1v) is 9.48. The fourth-order valence-corrected chi connectivity index (χ4v) is 3.73. The summed E-state index contributed by atoms with van der Waals surface area (Å²) in [4.78, 5) is 2.44. The molecule has 20 heavy (non-hydrogen) atoms. The van der Waals surface area contributed by atoms with E-state index >= 15 is 0 Å². The van der Waals surface area contributed by atoms with Crippen molar-refractivity contribution >= 4 is 33.4 Å². The maximum Gasteiger partial charge on any atom is 0.0415 e. The van der Waals surface area contributed by atoms with Gasteiger partial charge in [-0.1, -0.05) is 29.8 Å². The predicted molar refractivity (Wildman–Crippen MR) is 97.1 cm³/mol. The standard InChI is InChI=1S/C16H27BrN2S/c1-6-14(11-20-5)19(4)16-9-8-13(17)10-15(16)12(3)18-7-2/h8-10,12,14,18H,6-7,11H2,1-5H3. The van der Waals surface area contributed by atoms with Crippen LogP contribution in [0.4, 0.5) is 5.69 Å². The summed E-state index contributed by atoms with van der Waals surface area (Å²) in [5, 5.41) is 3.52. The zero-order valence-electron chi connectivity index (χ0n) is 13.2. The third kappa shape index (κ3) is 4.68. The van der Waals surface area contributed by atoms with E-state index in [1.165, 1.54) is 17.7 Å². The van der Waals surface area contributed by atoms with Crippen molar-refractivity contribution in [3.05, 3.63) is 28.2 Å². The van der Waals surface area contributed by atoms with Crippen molar-refractivity contribution in [1.29, 1.82) is 0 Å². The molecule has 0 heterocycles. The Labute approximate surface area is 136 Å². The van der Waals surface area contributed by atoms with Gasteiger partial charge in [0.25, 0.3) is 0 Å². The van der Waals surface area contributed by atoms with Crippen molar-refractivity contribution < 1.29 is 0 Å². The van der Waals surface area contributed by atoms with Gasteiger partial charge in [-0.05, 0) is 49.9 Å². The number of rotatable bonds is 8. The lowest BCUT2D eigenvalue weighted by molar-refractivity contribution is 0.591. The Balaban J connectivity index is 3.09. The summed E-state index contributed by atoms with van der Waals surface area (Å²) in [6.07, 6.45) is 3.35. The smallest absolute Gasteiger partial charge is 0.0415 e. The van der Waals surface area contributed by atoms with Crippen molar-refractivity contribution in [2.75, 3.05) is 30.5 Å². The number of nitrogens with zero attached hydrogens (tertiary/aromatic N) is 1. The molecule has 0 amide bonds. The Kier molecular flexibility index (Phi) is 8.00. The minimum atomic E-state index is 0.363. The Morgan fingerprint density at radius 2 is 2.05 bits per heavy atom. The predicted octanol–water partition coefficient (Wildman–Crippen LogP) is 4.70. The number of anilines is 1. The van der Waals surface area contributed by atoms with Crippen LogP contribution in [-0.4, -0.2) is 31.6 Å². The minimum absolute atomic E-state index is 0.363. The van der Waals surface area contributed by atoms with Gasteiger partial charge in [0.15, 0.2) is 0 Å². The van der Waals surface area contributed by atoms with Crippen molar-refractivity contribution in [1.82, 2.24) is 5.32 Å². The van der Waals surface area contributed by atoms with Gasteiger partial charge < -0.3 is 10.2 Å². The zero-order valence-corrected chi connectivity index (χ0v) is 15.6. The van der Waals surface area contributed by atoms with Gasteiger partial charge in [-0.25, -0.2) is 0 Å². The van der Waals surface area contributed by atoms with Gasteiger partial charge in [0, 0.05) is 35.0 Å². The summed E-state index contributed by atoms with van der Waals surface area (Å²) >= 11 is 5.52. The van der Waals surface area contributed by atoms with E-state index in [0.29, 0.717) is 12.1 Å². The maximum atomic E-state index is 3.60. The van der Waals surface area contributed by atoms with E-state index in [4.69, 9.17) is 0 Å². The van der Waals surface area contributed by atoms with E-state index in [2.05, 4.69) is 78.4 Å². The van der Waals surface area contributed by atoms with Gasteiger partial charge in [0.1, 0.15) is 0 Å². The quantitative estimate of drug-likeness (QED) is 0.724. The number of thioether (sulfide) groups is 1. The summed E-state index contributed by atoms with van der Waals surface area (Å²) in [7, 11) is 2.22. The van der Waals surface area contributed by atoms with E-state index in [1.807, 2.05) is 11.8 Å². The topological polar surface area (TPSA) is 15.3 Å². The van der Waals surface area contributed by atoms with Gasteiger partial charge in [-0.3, -0.25) is 0 Å². The molecule has 0 saturated carbocycles. The van der Waals surface area contributed by atoms with Crippen LogP contribution in [-0.2, 0) is 0 Å². The molecule has 1 aromatic carbocycles. The average Bonchev–Trinajstić information content (AvgIpc) is 2.44. The van der Waals surface area contributed by atoms with E-state index in [1.54, 1.807) is 0 Å². The Morgan fingerprint density at radius 1 is 1.35 bits per heavy atom. The Bertz CT molecular complexity index is 411. The molecule has 0 aliphatic heterocycles. The molecule has 0 aromatic heterocycles. The van der Waals surface area contributed by atoms with Crippen LogP contribution in [0.1, 0.15) is 38.8 Å². The summed E-state index contributed by atoms with van der Waals surface area (Å²) in [5.41, 5.74) is 2.70. The molecule has 4 heteroatoms. The summed E-state index contributed by atoms with van der Waals surface area (Å²) in [6.45, 7) is 7.64. The van der Waals surface area contributed by atoms with Crippen LogP contribution in [0.25, 0.3) is 0 Å². The second kappa shape index (κ2) is 8.96. The largest absolute Gasteiger partial charge is 0.371 e. The van der Waals surface area contributed by atoms with Crippen LogP contribution in [0.5, 0.6) is 0 Å². The molecule has 2 atom stereocenters. The van der Waals surface area contributed by atoms with E-state index in [0.717, 1.165) is 16.8 Å². The van der Waals surface area contributed by atoms with Crippen molar-refractivity contribution in [3.8, 4) is 0 Å². The fraction of sp³-hybridized carbons (Fsp3) is 0.625. The molecular formula is C16H27BrN2S. The maximum absolute atomic E-state index is 3.60. The molecule has 0 bridgehead atoms. The highest BCUT2D eigenvalue weighted by atomic mass is 79.9. The fourth-order valence-electron chi connectivity index (χ4n) is 2.50. The van der Waals surface area contributed by atoms with Crippen molar-refractivity contribution in [2.45, 2.75) is 39.3 Å². The molecule has 0 radical (unpaired) electrons. The van der Waals surface area contributed by atoms with Crippen LogP contribution >= 0.6 is 27.7 Å². The number of nitrogens with one attached hydrogen (secondary N) is 1. The van der Waals surface area contributed by atoms with Crippen LogP contribution in [0, 0.1) is 0 Å². The van der Waals surface area contributed by atoms with E-state index in [9.17, 15) is 0 Å². The average molecular weight is 359 g/mol. The highest BCUT2D eigenvalue weighted by Gasteiger charge is 2.18. The van der Waals surface area contributed by atoms with Gasteiger partial charge in [0.05, 0.1) is 0 Å². The third-order valence-electron chi connectivity index (χ3n) is 3.72. The summed E-state index contributed by atoms with van der Waals surface area (Å²) < 4.78 is 1.15. The molecule has 1 aromatic rings. The first-order chi connectivity index (χ1) is 9.54. The van der Waals surface area contributed by atoms with Crippen LogP contribution in [0.3, 0.4) is 0 Å². The molecule has 0 fully saturated rings. The molecule has 0 spiro atoms. The Morgan fingerprint density at radius 3 is 2.60 bits per heavy atom. The Hall–Kier alpha value is -0.190. The molecular weight excluding hydrogens is 332 g/mol. The van der Waals surface area contributed by atoms with E-state index < -0.39 is 0 Å². The second-order valence-electron chi connectivity index (χ2n) is 5.11. The molecule has 0 aliphatic rings. The normalized spacial score (nSPS) is 14.1. The van der Waals surface area contributed by atoms with Gasteiger partial charge in [-0.15, -0.1) is 0 Å². The van der Waals surface area contributed by atoms with Gasteiger partial charge in [-0.2, -0.15) is 11.8 Å². The zero-order chi connectivity index (χ0) is 15.1. The highest BCUT2D eigenvalue weighted by molar-refractivity contribution is 9.10. The monoisotopic (exact) mass is 358 g/mol. The van der Waals surface area contributed by atoms with E-state index in [-0.39, 0.29) is 0 Å². The highest BCUT2D eigenvalue weighted by Crippen LogP contribution is 2.31. The number of benzene rings is 1. The molecule has 1 N–H and O–H groups in total. The number of hydrogen-bond acceptors (Lipinski definition) is 3. The summed E-state index contributed by atoms with van der Waals surface area (Å²) in [6, 6.07) is 7.56. The summed E-state index contributed by atoms with van der Waals surface area (Å²) in [5.74, 6) is 1.16. The minimum Gasteiger partial charge on any atom is -0.371 e. The van der Waals surface area contributed by atoms with Crippen molar-refractivity contribution in [3.63, 3.8) is 0 Å². The van der Waals surface area contributed by atoms with Crippen molar-refractivity contribution in [2.24, 2.45) is 0 Å². The lowest BCUT2D eigenvalue weighted by Crippen LogP contribution is -2.34. The molecule has 2 unspecified atom stereocenters. The van der Waals surface area contributed by atoms with Crippen LogP contribution < -0.4 is 10.2 Å². The second-order valence-corrected chi connectivity index (χ2v) is 6.94. The molecule has 0 saturated heterocycles. The number of hydrogen-bond donors (Lipinski definition) is 1. The third-order valence-corrected chi connectivity index (χ3v) is 4.94. The molecule has 0 aliphatic carbocycles. The number of halogens is 1. The SMILES string of the molecule is CCNC(C)c1cc(Br)ccc1N(C)C(CC)CSC. The molecule has 114 valence electrons. The molecule has 2 nitrogen and oxygen atoms in total. The lowest BCUT2D eigenvalue weighted by atomic mass is 10.0.